The number of aliphatic imine (C=N–C) groups is 1. The van der Waals surface area contributed by atoms with Gasteiger partial charge >= 0.3 is 0 Å². The van der Waals surface area contributed by atoms with Crippen LogP contribution in [-0.4, -0.2) is 21.4 Å². The van der Waals surface area contributed by atoms with E-state index in [9.17, 15) is 9.90 Å². The molecule has 0 aliphatic carbocycles. The van der Waals surface area contributed by atoms with Crippen molar-refractivity contribution in [1.82, 2.24) is 5.32 Å². The average molecular weight is 222 g/mol. The fourth-order valence-corrected chi connectivity index (χ4v) is 2.01. The molecule has 0 bridgehead atoms. The molecule has 1 saturated heterocycles. The Hall–Kier alpha value is -1.49. The SMILES string of the molecule is CC1SC(=Nc2cccc(O)c2)NC1=O. The maximum atomic E-state index is 11.2. The molecule has 1 heterocycles. The van der Waals surface area contributed by atoms with E-state index in [1.165, 1.54) is 11.8 Å². The van der Waals surface area contributed by atoms with Crippen LogP contribution in [0.3, 0.4) is 0 Å². The fraction of sp³-hybridized carbons (Fsp3) is 0.200. The Bertz CT molecular complexity index is 431. The molecule has 1 atom stereocenters. The number of nitrogens with zero attached hydrogens (tertiary/aromatic N) is 1. The van der Waals surface area contributed by atoms with Gasteiger partial charge in [-0.1, -0.05) is 17.8 Å². The second kappa shape index (κ2) is 3.94. The summed E-state index contributed by atoms with van der Waals surface area (Å²) in [5.74, 6) is 0.137. The molecule has 1 fully saturated rings. The number of aromatic hydroxyl groups is 1. The Morgan fingerprint density at radius 3 is 2.93 bits per heavy atom. The number of hydrogen-bond acceptors (Lipinski definition) is 4. The van der Waals surface area contributed by atoms with Gasteiger partial charge < -0.3 is 10.4 Å². The molecular formula is C10H10N2O2S. The third-order valence-electron chi connectivity index (χ3n) is 1.95. The quantitative estimate of drug-likeness (QED) is 0.759. The van der Waals surface area contributed by atoms with Gasteiger partial charge in [-0.25, -0.2) is 4.99 Å². The zero-order valence-electron chi connectivity index (χ0n) is 8.10. The van der Waals surface area contributed by atoms with Gasteiger partial charge in [-0.15, -0.1) is 0 Å². The summed E-state index contributed by atoms with van der Waals surface area (Å²) >= 11 is 1.38. The topological polar surface area (TPSA) is 61.7 Å². The lowest BCUT2D eigenvalue weighted by Crippen LogP contribution is -2.23. The summed E-state index contributed by atoms with van der Waals surface area (Å²) < 4.78 is 0. The summed E-state index contributed by atoms with van der Waals surface area (Å²) in [5.41, 5.74) is 0.631. The van der Waals surface area contributed by atoms with E-state index in [0.717, 1.165) is 0 Å². The highest BCUT2D eigenvalue weighted by Gasteiger charge is 2.25. The number of amidine groups is 1. The minimum Gasteiger partial charge on any atom is -0.508 e. The van der Waals surface area contributed by atoms with Crippen molar-refractivity contribution < 1.29 is 9.90 Å². The first-order valence-electron chi connectivity index (χ1n) is 4.50. The van der Waals surface area contributed by atoms with Crippen LogP contribution in [0.1, 0.15) is 6.92 Å². The van der Waals surface area contributed by atoms with E-state index >= 15 is 0 Å². The molecule has 1 aliphatic rings. The number of nitrogens with one attached hydrogen (secondary N) is 1. The Morgan fingerprint density at radius 2 is 2.33 bits per heavy atom. The highest BCUT2D eigenvalue weighted by Crippen LogP contribution is 2.24. The number of hydrogen-bond donors (Lipinski definition) is 2. The molecule has 78 valence electrons. The van der Waals surface area contributed by atoms with Crippen LogP contribution in [0.4, 0.5) is 5.69 Å². The van der Waals surface area contributed by atoms with Gasteiger partial charge in [0, 0.05) is 6.07 Å². The van der Waals surface area contributed by atoms with Crippen LogP contribution in [0, 0.1) is 0 Å². The first kappa shape index (κ1) is 10.0. The molecule has 1 aromatic rings. The van der Waals surface area contributed by atoms with Crippen LogP contribution < -0.4 is 5.32 Å². The molecule has 1 amide bonds. The fourth-order valence-electron chi connectivity index (χ4n) is 1.19. The number of amides is 1. The molecule has 0 radical (unpaired) electrons. The summed E-state index contributed by atoms with van der Waals surface area (Å²) in [6.45, 7) is 1.82. The van der Waals surface area contributed by atoms with Crippen LogP contribution in [0.5, 0.6) is 5.75 Å². The molecule has 1 aliphatic heterocycles. The van der Waals surface area contributed by atoms with E-state index in [0.29, 0.717) is 10.9 Å². The number of benzene rings is 1. The molecule has 0 aromatic heterocycles. The summed E-state index contributed by atoms with van der Waals surface area (Å²) in [5, 5.41) is 12.4. The standard InChI is InChI=1S/C10H10N2O2S/c1-6-9(14)12-10(15-6)11-7-3-2-4-8(13)5-7/h2-6,13H,1H3,(H,11,12,14). The van der Waals surface area contributed by atoms with Crippen LogP contribution in [0.2, 0.25) is 0 Å². The molecule has 0 saturated carbocycles. The predicted molar refractivity (Wildman–Crippen MR) is 60.4 cm³/mol. The Morgan fingerprint density at radius 1 is 1.53 bits per heavy atom. The number of thioether (sulfide) groups is 1. The molecule has 15 heavy (non-hydrogen) atoms. The number of phenols is 1. The van der Waals surface area contributed by atoms with Crippen molar-refractivity contribution in [3.63, 3.8) is 0 Å². The van der Waals surface area contributed by atoms with Crippen molar-refractivity contribution >= 4 is 28.5 Å². The summed E-state index contributed by atoms with van der Waals surface area (Å²) in [6.07, 6.45) is 0. The molecular weight excluding hydrogens is 212 g/mol. The van der Waals surface area contributed by atoms with Gasteiger partial charge in [0.15, 0.2) is 5.17 Å². The summed E-state index contributed by atoms with van der Waals surface area (Å²) in [7, 11) is 0. The number of carbonyl (C=O) groups excluding carboxylic acids is 1. The lowest BCUT2D eigenvalue weighted by Gasteiger charge is -1.97. The van der Waals surface area contributed by atoms with Gasteiger partial charge in [0.25, 0.3) is 0 Å². The zero-order valence-corrected chi connectivity index (χ0v) is 8.91. The maximum absolute atomic E-state index is 11.2. The molecule has 1 aromatic carbocycles. The van der Waals surface area contributed by atoms with E-state index in [1.807, 2.05) is 6.92 Å². The number of phenolic OH excluding ortho intramolecular Hbond substituents is 1. The smallest absolute Gasteiger partial charge is 0.239 e. The zero-order chi connectivity index (χ0) is 10.8. The summed E-state index contributed by atoms with van der Waals surface area (Å²) in [4.78, 5) is 15.4. The second-order valence-electron chi connectivity index (χ2n) is 3.19. The van der Waals surface area contributed by atoms with E-state index < -0.39 is 0 Å². The lowest BCUT2D eigenvalue weighted by molar-refractivity contribution is -0.118. The van der Waals surface area contributed by atoms with Crippen molar-refractivity contribution in [2.45, 2.75) is 12.2 Å². The highest BCUT2D eigenvalue weighted by atomic mass is 32.2. The van der Waals surface area contributed by atoms with E-state index in [-0.39, 0.29) is 16.9 Å². The lowest BCUT2D eigenvalue weighted by atomic mass is 10.3. The Balaban J connectivity index is 2.21. The molecule has 4 nitrogen and oxygen atoms in total. The normalized spacial score (nSPS) is 23.1. The number of carbonyl (C=O) groups is 1. The average Bonchev–Trinajstić information content (AvgIpc) is 2.45. The Labute approximate surface area is 91.4 Å². The maximum Gasteiger partial charge on any atom is 0.239 e. The van der Waals surface area contributed by atoms with Crippen LogP contribution in [0.15, 0.2) is 29.3 Å². The molecule has 2 rings (SSSR count). The van der Waals surface area contributed by atoms with Crippen molar-refractivity contribution in [3.8, 4) is 5.75 Å². The van der Waals surface area contributed by atoms with Crippen molar-refractivity contribution in [2.24, 2.45) is 4.99 Å². The summed E-state index contributed by atoms with van der Waals surface area (Å²) in [6, 6.07) is 6.59. The van der Waals surface area contributed by atoms with E-state index in [4.69, 9.17) is 0 Å². The monoisotopic (exact) mass is 222 g/mol. The third-order valence-corrected chi connectivity index (χ3v) is 2.93. The minimum atomic E-state index is -0.0962. The van der Waals surface area contributed by atoms with Crippen molar-refractivity contribution in [3.05, 3.63) is 24.3 Å². The van der Waals surface area contributed by atoms with Gasteiger partial charge in [0.2, 0.25) is 5.91 Å². The van der Waals surface area contributed by atoms with E-state index in [1.54, 1.807) is 24.3 Å². The second-order valence-corrected chi connectivity index (χ2v) is 4.52. The van der Waals surface area contributed by atoms with Gasteiger partial charge in [-0.05, 0) is 19.1 Å². The largest absolute Gasteiger partial charge is 0.508 e. The van der Waals surface area contributed by atoms with E-state index in [2.05, 4.69) is 10.3 Å². The Kier molecular flexibility index (Phi) is 2.64. The minimum absolute atomic E-state index is 0.0288. The van der Waals surface area contributed by atoms with Gasteiger partial charge in [-0.3, -0.25) is 4.79 Å². The van der Waals surface area contributed by atoms with Crippen LogP contribution >= 0.6 is 11.8 Å². The first-order chi connectivity index (χ1) is 7.15. The molecule has 2 N–H and O–H groups in total. The number of rotatable bonds is 1. The van der Waals surface area contributed by atoms with Crippen LogP contribution in [0.25, 0.3) is 0 Å². The van der Waals surface area contributed by atoms with Crippen LogP contribution in [-0.2, 0) is 4.79 Å². The van der Waals surface area contributed by atoms with Gasteiger partial charge in [-0.2, -0.15) is 0 Å². The van der Waals surface area contributed by atoms with Crippen molar-refractivity contribution in [2.75, 3.05) is 0 Å². The highest BCUT2D eigenvalue weighted by molar-refractivity contribution is 8.15. The van der Waals surface area contributed by atoms with Gasteiger partial charge in [0.05, 0.1) is 10.9 Å². The molecule has 0 spiro atoms. The van der Waals surface area contributed by atoms with Crippen molar-refractivity contribution in [1.29, 1.82) is 0 Å². The molecule has 1 unspecified atom stereocenters. The first-order valence-corrected chi connectivity index (χ1v) is 5.38. The van der Waals surface area contributed by atoms with Gasteiger partial charge in [0.1, 0.15) is 5.75 Å². The molecule has 5 heteroatoms. The predicted octanol–water partition coefficient (Wildman–Crippen LogP) is 1.63. The third kappa shape index (κ3) is 2.30.